The van der Waals surface area contributed by atoms with Gasteiger partial charge in [0, 0.05) is 12.6 Å². The molecule has 0 aromatic carbocycles. The topological polar surface area (TPSA) is 67.8 Å². The smallest absolute Gasteiger partial charge is 0.326 e. The molecule has 0 amide bonds. The summed E-state index contributed by atoms with van der Waals surface area (Å²) in [6, 6.07) is 0.371. The fourth-order valence-electron chi connectivity index (χ4n) is 2.44. The summed E-state index contributed by atoms with van der Waals surface area (Å²) < 4.78 is 11.0. The first-order valence-corrected chi connectivity index (χ1v) is 7.85. The summed E-state index contributed by atoms with van der Waals surface area (Å²) in [5.41, 5.74) is -0.870. The lowest BCUT2D eigenvalue weighted by Crippen LogP contribution is -2.58. The molecule has 2 aliphatic carbocycles. The molecule has 1 unspecified atom stereocenters. The molecule has 116 valence electrons. The van der Waals surface area contributed by atoms with Crippen molar-refractivity contribution in [2.75, 3.05) is 26.4 Å². The van der Waals surface area contributed by atoms with E-state index in [2.05, 4.69) is 12.2 Å². The molecule has 20 heavy (non-hydrogen) atoms. The summed E-state index contributed by atoms with van der Waals surface area (Å²) in [5, 5.41) is 12.9. The zero-order chi connectivity index (χ0) is 14.4. The monoisotopic (exact) mass is 285 g/mol. The summed E-state index contributed by atoms with van der Waals surface area (Å²) in [4.78, 5) is 11.7. The second-order valence-electron chi connectivity index (χ2n) is 5.99. The molecule has 0 radical (unpaired) electrons. The van der Waals surface area contributed by atoms with Crippen LogP contribution in [0.15, 0.2) is 0 Å². The second kappa shape index (κ2) is 7.38. The zero-order valence-electron chi connectivity index (χ0n) is 12.4. The summed E-state index contributed by atoms with van der Waals surface area (Å²) in [6.45, 7) is 4.15. The Balaban J connectivity index is 1.71. The van der Waals surface area contributed by atoms with Gasteiger partial charge in [0.2, 0.25) is 0 Å². The number of hydrogen-bond acceptors (Lipinski definition) is 4. The summed E-state index contributed by atoms with van der Waals surface area (Å²) in [6.07, 6.45) is 6.33. The van der Waals surface area contributed by atoms with Crippen LogP contribution in [0.1, 0.15) is 45.4 Å². The fourth-order valence-corrected chi connectivity index (χ4v) is 2.44. The Kier molecular flexibility index (Phi) is 5.81. The van der Waals surface area contributed by atoms with E-state index in [1.54, 1.807) is 0 Å². The highest BCUT2D eigenvalue weighted by Gasteiger charge is 2.53. The average Bonchev–Trinajstić information content (AvgIpc) is 3.27. The SMILES string of the molecule is CCCCOCCOCC(NC1CC1)(C(=O)O)C1CC1. The number of rotatable bonds is 12. The highest BCUT2D eigenvalue weighted by Crippen LogP contribution is 2.42. The number of carbonyl (C=O) groups is 1. The van der Waals surface area contributed by atoms with Gasteiger partial charge >= 0.3 is 5.97 Å². The molecule has 5 nitrogen and oxygen atoms in total. The van der Waals surface area contributed by atoms with Gasteiger partial charge in [-0.2, -0.15) is 0 Å². The van der Waals surface area contributed by atoms with Crippen LogP contribution in [0, 0.1) is 5.92 Å². The molecule has 0 saturated heterocycles. The minimum atomic E-state index is -0.870. The summed E-state index contributed by atoms with van der Waals surface area (Å²) in [5.74, 6) is -0.541. The Bertz CT molecular complexity index is 315. The summed E-state index contributed by atoms with van der Waals surface area (Å²) in [7, 11) is 0. The van der Waals surface area contributed by atoms with Crippen molar-refractivity contribution >= 4 is 5.97 Å². The predicted molar refractivity (Wildman–Crippen MR) is 75.8 cm³/mol. The molecule has 0 bridgehead atoms. The van der Waals surface area contributed by atoms with E-state index in [9.17, 15) is 9.90 Å². The van der Waals surface area contributed by atoms with Gasteiger partial charge in [0.15, 0.2) is 0 Å². The van der Waals surface area contributed by atoms with Gasteiger partial charge < -0.3 is 14.6 Å². The van der Waals surface area contributed by atoms with E-state index in [0.717, 1.165) is 45.1 Å². The number of nitrogens with one attached hydrogen (secondary N) is 1. The number of ether oxygens (including phenoxy) is 2. The van der Waals surface area contributed by atoms with Crippen LogP contribution in [0.3, 0.4) is 0 Å². The number of carboxylic acids is 1. The number of unbranched alkanes of at least 4 members (excludes halogenated alkanes) is 1. The number of aliphatic carboxylic acids is 1. The highest BCUT2D eigenvalue weighted by molar-refractivity contribution is 5.80. The first-order chi connectivity index (χ1) is 9.69. The molecule has 2 fully saturated rings. The van der Waals surface area contributed by atoms with E-state index < -0.39 is 11.5 Å². The maximum atomic E-state index is 11.7. The van der Waals surface area contributed by atoms with Crippen LogP contribution in [0.5, 0.6) is 0 Å². The fraction of sp³-hybridized carbons (Fsp3) is 0.933. The van der Waals surface area contributed by atoms with Gasteiger partial charge in [-0.15, -0.1) is 0 Å². The summed E-state index contributed by atoms with van der Waals surface area (Å²) >= 11 is 0. The van der Waals surface area contributed by atoms with Crippen molar-refractivity contribution in [3.05, 3.63) is 0 Å². The molecule has 2 saturated carbocycles. The van der Waals surface area contributed by atoms with E-state index in [4.69, 9.17) is 9.47 Å². The molecule has 0 spiro atoms. The first kappa shape index (κ1) is 15.7. The normalized spacial score (nSPS) is 21.6. The molecule has 5 heteroatoms. The van der Waals surface area contributed by atoms with E-state index in [0.29, 0.717) is 19.3 Å². The van der Waals surface area contributed by atoms with Crippen LogP contribution >= 0.6 is 0 Å². The lowest BCUT2D eigenvalue weighted by molar-refractivity contribution is -0.149. The standard InChI is InChI=1S/C15H27NO4/c1-2-3-8-19-9-10-20-11-15(14(17)18,12-4-5-12)16-13-6-7-13/h12-13,16H,2-11H2,1H3,(H,17,18). The Morgan fingerprint density at radius 3 is 2.45 bits per heavy atom. The molecule has 0 heterocycles. The molecule has 0 aliphatic heterocycles. The molecular formula is C15H27NO4. The van der Waals surface area contributed by atoms with Crippen LogP contribution < -0.4 is 5.32 Å². The number of carboxylic acid groups (broad SMARTS) is 1. The van der Waals surface area contributed by atoms with Crippen LogP contribution in [0.2, 0.25) is 0 Å². The van der Waals surface area contributed by atoms with E-state index in [-0.39, 0.29) is 12.5 Å². The van der Waals surface area contributed by atoms with E-state index in [1.165, 1.54) is 0 Å². The molecule has 0 aromatic heterocycles. The van der Waals surface area contributed by atoms with Crippen molar-refractivity contribution in [1.29, 1.82) is 0 Å². The lowest BCUT2D eigenvalue weighted by atomic mass is 9.94. The molecule has 0 aromatic rings. The van der Waals surface area contributed by atoms with Crippen LogP contribution in [0.25, 0.3) is 0 Å². The second-order valence-corrected chi connectivity index (χ2v) is 5.99. The third kappa shape index (κ3) is 4.43. The van der Waals surface area contributed by atoms with Crippen molar-refractivity contribution in [2.45, 2.75) is 57.0 Å². The third-order valence-electron chi connectivity index (χ3n) is 4.04. The predicted octanol–water partition coefficient (Wildman–Crippen LogP) is 1.81. The average molecular weight is 285 g/mol. The largest absolute Gasteiger partial charge is 0.480 e. The van der Waals surface area contributed by atoms with Crippen molar-refractivity contribution < 1.29 is 19.4 Å². The van der Waals surface area contributed by atoms with Gasteiger partial charge in [-0.05, 0) is 38.0 Å². The van der Waals surface area contributed by atoms with Gasteiger partial charge in [-0.3, -0.25) is 10.1 Å². The quantitative estimate of drug-likeness (QED) is 0.535. The molecule has 2 N–H and O–H groups in total. The van der Waals surface area contributed by atoms with Crippen LogP contribution in [-0.2, 0) is 14.3 Å². The Morgan fingerprint density at radius 1 is 1.20 bits per heavy atom. The maximum Gasteiger partial charge on any atom is 0.326 e. The minimum absolute atomic E-state index is 0.224. The van der Waals surface area contributed by atoms with Crippen molar-refractivity contribution in [3.63, 3.8) is 0 Å². The van der Waals surface area contributed by atoms with Crippen LogP contribution in [-0.4, -0.2) is 49.1 Å². The van der Waals surface area contributed by atoms with Crippen molar-refractivity contribution in [3.8, 4) is 0 Å². The van der Waals surface area contributed by atoms with E-state index in [1.807, 2.05) is 0 Å². The van der Waals surface area contributed by atoms with Gasteiger partial charge in [0.25, 0.3) is 0 Å². The first-order valence-electron chi connectivity index (χ1n) is 7.85. The van der Waals surface area contributed by atoms with Gasteiger partial charge in [-0.25, -0.2) is 0 Å². The molecule has 1 atom stereocenters. The number of hydrogen-bond donors (Lipinski definition) is 2. The van der Waals surface area contributed by atoms with Crippen molar-refractivity contribution in [2.24, 2.45) is 5.92 Å². The van der Waals surface area contributed by atoms with Gasteiger partial charge in [0.1, 0.15) is 5.54 Å². The maximum absolute atomic E-state index is 11.7. The van der Waals surface area contributed by atoms with Gasteiger partial charge in [-0.1, -0.05) is 13.3 Å². The minimum Gasteiger partial charge on any atom is -0.480 e. The van der Waals surface area contributed by atoms with Crippen molar-refractivity contribution in [1.82, 2.24) is 5.32 Å². The lowest BCUT2D eigenvalue weighted by Gasteiger charge is -2.30. The highest BCUT2D eigenvalue weighted by atomic mass is 16.5. The van der Waals surface area contributed by atoms with E-state index >= 15 is 0 Å². The molecule has 2 aliphatic rings. The molecular weight excluding hydrogens is 258 g/mol. The van der Waals surface area contributed by atoms with Gasteiger partial charge in [0.05, 0.1) is 19.8 Å². The third-order valence-corrected chi connectivity index (χ3v) is 4.04. The molecule has 2 rings (SSSR count). The zero-order valence-corrected chi connectivity index (χ0v) is 12.4. The Labute approximate surface area is 121 Å². The van der Waals surface area contributed by atoms with Crippen LogP contribution in [0.4, 0.5) is 0 Å². The Hall–Kier alpha value is -0.650. The Morgan fingerprint density at radius 2 is 1.90 bits per heavy atom.